The average Bonchev–Trinajstić information content (AvgIpc) is 2.56. The molecule has 0 saturated carbocycles. The molecular formula is C16H14BrN3O5. The van der Waals surface area contributed by atoms with E-state index in [4.69, 9.17) is 10.5 Å². The summed E-state index contributed by atoms with van der Waals surface area (Å²) < 4.78 is 5.59. The van der Waals surface area contributed by atoms with Crippen molar-refractivity contribution in [2.75, 3.05) is 17.7 Å². The number of aryl methyl sites for hydroxylation is 1. The zero-order chi connectivity index (χ0) is 18.6. The Morgan fingerprint density at radius 3 is 2.64 bits per heavy atom. The molecule has 25 heavy (non-hydrogen) atoms. The molecule has 0 unspecified atom stereocenters. The summed E-state index contributed by atoms with van der Waals surface area (Å²) in [5, 5.41) is 13.2. The van der Waals surface area contributed by atoms with Gasteiger partial charge in [-0.1, -0.05) is 15.9 Å². The van der Waals surface area contributed by atoms with Gasteiger partial charge >= 0.3 is 5.97 Å². The number of nitrogens with one attached hydrogen (secondary N) is 1. The molecule has 0 bridgehead atoms. The van der Waals surface area contributed by atoms with Gasteiger partial charge < -0.3 is 15.8 Å². The molecule has 0 atom stereocenters. The van der Waals surface area contributed by atoms with Crippen LogP contribution in [-0.4, -0.2) is 23.4 Å². The van der Waals surface area contributed by atoms with E-state index in [1.54, 1.807) is 19.1 Å². The number of carbonyl (C=O) groups is 2. The van der Waals surface area contributed by atoms with Gasteiger partial charge in [-0.15, -0.1) is 0 Å². The average molecular weight is 408 g/mol. The van der Waals surface area contributed by atoms with Gasteiger partial charge in [0.05, 0.1) is 10.5 Å². The molecule has 3 N–H and O–H groups in total. The highest BCUT2D eigenvalue weighted by atomic mass is 79.9. The van der Waals surface area contributed by atoms with Gasteiger partial charge in [0.1, 0.15) is 0 Å². The quantitative estimate of drug-likeness (QED) is 0.339. The van der Waals surface area contributed by atoms with Crippen molar-refractivity contribution in [3.8, 4) is 0 Å². The second-order valence-electron chi connectivity index (χ2n) is 5.11. The van der Waals surface area contributed by atoms with Crippen LogP contribution in [0.4, 0.5) is 17.1 Å². The van der Waals surface area contributed by atoms with Gasteiger partial charge in [0, 0.05) is 28.0 Å². The number of rotatable bonds is 5. The third-order valence-electron chi connectivity index (χ3n) is 3.26. The number of hydrogen-bond donors (Lipinski definition) is 2. The fraction of sp³-hybridized carbons (Fsp3) is 0.125. The van der Waals surface area contributed by atoms with Gasteiger partial charge in [0.2, 0.25) is 0 Å². The third-order valence-corrected chi connectivity index (χ3v) is 3.76. The molecule has 0 aliphatic heterocycles. The molecule has 0 aromatic heterocycles. The topological polar surface area (TPSA) is 125 Å². The van der Waals surface area contributed by atoms with Gasteiger partial charge in [-0.05, 0) is 36.8 Å². The summed E-state index contributed by atoms with van der Waals surface area (Å²) in [6.45, 7) is 1.11. The second kappa shape index (κ2) is 7.75. The molecule has 2 rings (SSSR count). The van der Waals surface area contributed by atoms with Crippen LogP contribution in [0.15, 0.2) is 40.9 Å². The van der Waals surface area contributed by atoms with Crippen molar-refractivity contribution in [2.45, 2.75) is 6.92 Å². The largest absolute Gasteiger partial charge is 0.452 e. The summed E-state index contributed by atoms with van der Waals surface area (Å²) in [4.78, 5) is 34.1. The molecule has 0 saturated heterocycles. The van der Waals surface area contributed by atoms with Crippen LogP contribution < -0.4 is 11.1 Å². The number of esters is 1. The lowest BCUT2D eigenvalue weighted by Gasteiger charge is -2.10. The molecule has 130 valence electrons. The van der Waals surface area contributed by atoms with Crippen LogP contribution in [0.2, 0.25) is 0 Å². The van der Waals surface area contributed by atoms with Crippen molar-refractivity contribution in [3.05, 3.63) is 62.1 Å². The van der Waals surface area contributed by atoms with Crippen LogP contribution in [0.25, 0.3) is 0 Å². The Balaban J connectivity index is 1.98. The molecule has 2 aromatic carbocycles. The van der Waals surface area contributed by atoms with Gasteiger partial charge in [-0.25, -0.2) is 4.79 Å². The van der Waals surface area contributed by atoms with Crippen molar-refractivity contribution in [3.63, 3.8) is 0 Å². The molecule has 0 fully saturated rings. The highest BCUT2D eigenvalue weighted by molar-refractivity contribution is 9.10. The number of halogens is 1. The predicted molar refractivity (Wildman–Crippen MR) is 95.3 cm³/mol. The molecule has 0 aliphatic carbocycles. The molecule has 2 aromatic rings. The number of hydrogen-bond acceptors (Lipinski definition) is 6. The maximum Gasteiger partial charge on any atom is 0.340 e. The first-order valence-electron chi connectivity index (χ1n) is 7.05. The van der Waals surface area contributed by atoms with Crippen LogP contribution >= 0.6 is 15.9 Å². The van der Waals surface area contributed by atoms with E-state index in [1.807, 2.05) is 0 Å². The van der Waals surface area contributed by atoms with Crippen LogP contribution in [0.1, 0.15) is 15.9 Å². The summed E-state index contributed by atoms with van der Waals surface area (Å²) in [5.74, 6) is -1.30. The monoisotopic (exact) mass is 407 g/mol. The summed E-state index contributed by atoms with van der Waals surface area (Å²) in [6, 6.07) is 8.74. The van der Waals surface area contributed by atoms with Gasteiger partial charge in [-0.3, -0.25) is 14.9 Å². The normalized spacial score (nSPS) is 10.2. The molecule has 9 heteroatoms. The standard InChI is InChI=1S/C16H14BrN3O5/c1-9-6-11(20(23)24)3-5-14(9)19-15(21)8-25-16(22)12-7-10(17)2-4-13(12)18/h2-7H,8,18H2,1H3,(H,19,21). The Labute approximate surface area is 151 Å². The Hall–Kier alpha value is -2.94. The number of non-ortho nitro benzene ring substituents is 1. The number of amides is 1. The SMILES string of the molecule is Cc1cc([N+](=O)[O-])ccc1NC(=O)COC(=O)c1cc(Br)ccc1N. The summed E-state index contributed by atoms with van der Waals surface area (Å²) in [6.07, 6.45) is 0. The lowest BCUT2D eigenvalue weighted by molar-refractivity contribution is -0.384. The van der Waals surface area contributed by atoms with E-state index in [9.17, 15) is 19.7 Å². The number of anilines is 2. The fourth-order valence-electron chi connectivity index (χ4n) is 2.00. The zero-order valence-electron chi connectivity index (χ0n) is 13.1. The minimum atomic E-state index is -0.727. The number of nitro benzene ring substituents is 1. The summed E-state index contributed by atoms with van der Waals surface area (Å²) in [7, 11) is 0. The molecule has 0 aliphatic rings. The van der Waals surface area contributed by atoms with E-state index in [2.05, 4.69) is 21.2 Å². The molecule has 0 heterocycles. The van der Waals surface area contributed by atoms with E-state index in [-0.39, 0.29) is 16.9 Å². The van der Waals surface area contributed by atoms with Crippen molar-refractivity contribution >= 4 is 44.9 Å². The lowest BCUT2D eigenvalue weighted by Crippen LogP contribution is -2.21. The first-order valence-corrected chi connectivity index (χ1v) is 7.84. The third kappa shape index (κ3) is 4.77. The van der Waals surface area contributed by atoms with Crippen LogP contribution in [0.5, 0.6) is 0 Å². The van der Waals surface area contributed by atoms with E-state index in [0.717, 1.165) is 0 Å². The van der Waals surface area contributed by atoms with Crippen molar-refractivity contribution in [1.29, 1.82) is 0 Å². The van der Waals surface area contributed by atoms with E-state index < -0.39 is 23.4 Å². The number of nitrogens with two attached hydrogens (primary N) is 1. The maximum atomic E-state index is 12.0. The Morgan fingerprint density at radius 1 is 1.28 bits per heavy atom. The molecular weight excluding hydrogens is 394 g/mol. The highest BCUT2D eigenvalue weighted by Gasteiger charge is 2.15. The molecule has 8 nitrogen and oxygen atoms in total. The number of nitrogens with zero attached hydrogens (tertiary/aromatic N) is 1. The van der Waals surface area contributed by atoms with Gasteiger partial charge in [0.15, 0.2) is 6.61 Å². The van der Waals surface area contributed by atoms with Gasteiger partial charge in [-0.2, -0.15) is 0 Å². The number of nitro groups is 1. The number of nitrogen functional groups attached to an aromatic ring is 1. The second-order valence-corrected chi connectivity index (χ2v) is 6.03. The van der Waals surface area contributed by atoms with E-state index >= 15 is 0 Å². The van der Waals surface area contributed by atoms with Crippen molar-refractivity contribution < 1.29 is 19.2 Å². The Kier molecular flexibility index (Phi) is 5.71. The number of benzene rings is 2. The maximum absolute atomic E-state index is 12.0. The number of carbonyl (C=O) groups excluding carboxylic acids is 2. The first-order chi connectivity index (χ1) is 11.8. The van der Waals surface area contributed by atoms with Crippen LogP contribution in [0.3, 0.4) is 0 Å². The first kappa shape index (κ1) is 18.4. The van der Waals surface area contributed by atoms with Crippen LogP contribution in [0, 0.1) is 17.0 Å². The van der Waals surface area contributed by atoms with Gasteiger partial charge in [0.25, 0.3) is 11.6 Å². The highest BCUT2D eigenvalue weighted by Crippen LogP contribution is 2.21. The molecule has 0 spiro atoms. The van der Waals surface area contributed by atoms with E-state index in [1.165, 1.54) is 24.3 Å². The number of ether oxygens (including phenoxy) is 1. The van der Waals surface area contributed by atoms with E-state index in [0.29, 0.717) is 15.7 Å². The predicted octanol–water partition coefficient (Wildman–Crippen LogP) is 3.04. The minimum absolute atomic E-state index is 0.0768. The van der Waals surface area contributed by atoms with Crippen molar-refractivity contribution in [2.24, 2.45) is 0 Å². The zero-order valence-corrected chi connectivity index (χ0v) is 14.7. The smallest absolute Gasteiger partial charge is 0.340 e. The summed E-state index contributed by atoms with van der Waals surface area (Å²) >= 11 is 3.22. The Bertz CT molecular complexity index is 854. The lowest BCUT2D eigenvalue weighted by atomic mass is 10.2. The minimum Gasteiger partial charge on any atom is -0.452 e. The Morgan fingerprint density at radius 2 is 2.00 bits per heavy atom. The van der Waals surface area contributed by atoms with Crippen LogP contribution in [-0.2, 0) is 9.53 Å². The van der Waals surface area contributed by atoms with Crippen molar-refractivity contribution in [1.82, 2.24) is 0 Å². The molecule has 1 amide bonds. The fourth-order valence-corrected chi connectivity index (χ4v) is 2.36. The molecule has 0 radical (unpaired) electrons. The summed E-state index contributed by atoms with van der Waals surface area (Å²) in [5.41, 5.74) is 6.92.